The number of carboxylic acid groups (broad SMARTS) is 1. The third kappa shape index (κ3) is 6.46. The normalized spacial score (nSPS) is 16.2. The highest BCUT2D eigenvalue weighted by atomic mass is 16.6. The zero-order valence-electron chi connectivity index (χ0n) is 16.5. The number of carbonyl (C=O) groups is 3. The van der Waals surface area contributed by atoms with Gasteiger partial charge in [-0.15, -0.1) is 0 Å². The molecule has 0 aliphatic carbocycles. The smallest absolute Gasteiger partial charge is 0.329 e. The number of oxime groups is 1. The second kappa shape index (κ2) is 10.4. The summed E-state index contributed by atoms with van der Waals surface area (Å²) in [5, 5.41) is 15.0. The molecule has 1 aromatic carbocycles. The van der Waals surface area contributed by atoms with Gasteiger partial charge in [-0.05, 0) is 31.9 Å². The Morgan fingerprint density at radius 2 is 1.83 bits per heavy atom. The monoisotopic (exact) mass is 406 g/mol. The van der Waals surface area contributed by atoms with E-state index < -0.39 is 12.0 Å². The molecule has 1 saturated heterocycles. The molecule has 1 aromatic rings. The lowest BCUT2D eigenvalue weighted by molar-refractivity contribution is -0.147. The lowest BCUT2D eigenvalue weighted by Crippen LogP contribution is -2.50. The number of ether oxygens (including phenoxy) is 1. The minimum atomic E-state index is -1.01. The van der Waals surface area contributed by atoms with Gasteiger partial charge >= 0.3 is 5.97 Å². The van der Waals surface area contributed by atoms with Gasteiger partial charge in [-0.25, -0.2) is 4.79 Å². The van der Waals surface area contributed by atoms with Crippen LogP contribution in [0, 0.1) is 0 Å². The van der Waals surface area contributed by atoms with Crippen LogP contribution in [0.4, 0.5) is 0 Å². The predicted octanol–water partition coefficient (Wildman–Crippen LogP) is 0.164. The van der Waals surface area contributed by atoms with Gasteiger partial charge in [0.2, 0.25) is 5.91 Å². The Kier molecular flexibility index (Phi) is 7.96. The number of nitrogens with zero attached hydrogens (tertiary/aromatic N) is 2. The van der Waals surface area contributed by atoms with Crippen LogP contribution in [-0.2, 0) is 19.2 Å². The molecular formula is C19H26N4O6. The van der Waals surface area contributed by atoms with Gasteiger partial charge in [0.15, 0.2) is 5.84 Å². The molecule has 1 atom stereocenters. The average Bonchev–Trinajstić information content (AvgIpc) is 2.72. The highest BCUT2D eigenvalue weighted by Crippen LogP contribution is 2.15. The number of amidine groups is 1. The van der Waals surface area contributed by atoms with E-state index in [9.17, 15) is 14.4 Å². The van der Waals surface area contributed by atoms with E-state index in [0.717, 1.165) is 0 Å². The predicted molar refractivity (Wildman–Crippen MR) is 104 cm³/mol. The van der Waals surface area contributed by atoms with Gasteiger partial charge < -0.3 is 30.6 Å². The van der Waals surface area contributed by atoms with E-state index in [0.29, 0.717) is 37.1 Å². The molecule has 1 aliphatic heterocycles. The molecule has 0 spiro atoms. The van der Waals surface area contributed by atoms with Crippen LogP contribution in [0.15, 0.2) is 29.4 Å². The van der Waals surface area contributed by atoms with Crippen LogP contribution in [0.1, 0.15) is 35.7 Å². The van der Waals surface area contributed by atoms with Crippen molar-refractivity contribution in [2.75, 3.05) is 26.8 Å². The Hall–Kier alpha value is -3.14. The molecule has 1 aliphatic rings. The van der Waals surface area contributed by atoms with Crippen LogP contribution in [0.3, 0.4) is 0 Å². The molecule has 1 fully saturated rings. The van der Waals surface area contributed by atoms with E-state index in [1.807, 2.05) is 0 Å². The molecule has 10 nitrogen and oxygen atoms in total. The lowest BCUT2D eigenvalue weighted by atomic mass is 10.1. The van der Waals surface area contributed by atoms with Crippen LogP contribution in [0.5, 0.6) is 0 Å². The first-order valence-electron chi connectivity index (χ1n) is 9.22. The fraction of sp³-hybridized carbons (Fsp3) is 0.474. The maximum atomic E-state index is 12.6. The highest BCUT2D eigenvalue weighted by molar-refractivity contribution is 6.00. The summed E-state index contributed by atoms with van der Waals surface area (Å²) in [6.07, 6.45) is 0.949. The van der Waals surface area contributed by atoms with E-state index >= 15 is 0 Å². The van der Waals surface area contributed by atoms with Crippen molar-refractivity contribution in [3.63, 3.8) is 0 Å². The van der Waals surface area contributed by atoms with Crippen LogP contribution < -0.4 is 11.1 Å². The topological polar surface area (TPSA) is 144 Å². The molecule has 2 amide bonds. The number of rotatable bonds is 8. The summed E-state index contributed by atoms with van der Waals surface area (Å²) < 4.78 is 5.26. The fourth-order valence-electron chi connectivity index (χ4n) is 2.99. The number of likely N-dealkylation sites (tertiary alicyclic amines) is 1. The Morgan fingerprint density at radius 3 is 2.38 bits per heavy atom. The maximum Gasteiger partial charge on any atom is 0.329 e. The van der Waals surface area contributed by atoms with E-state index in [1.54, 1.807) is 36.1 Å². The molecule has 0 bridgehead atoms. The number of piperidine rings is 1. The van der Waals surface area contributed by atoms with Crippen molar-refractivity contribution >= 4 is 23.6 Å². The molecule has 0 saturated carbocycles. The molecular weight excluding hydrogens is 380 g/mol. The summed E-state index contributed by atoms with van der Waals surface area (Å²) in [6.45, 7) is 2.20. The van der Waals surface area contributed by atoms with Crippen molar-refractivity contribution in [1.82, 2.24) is 10.2 Å². The number of nitrogens with two attached hydrogens (primary N) is 1. The lowest BCUT2D eigenvalue weighted by Gasteiger charge is -2.33. The van der Waals surface area contributed by atoms with Crippen LogP contribution >= 0.6 is 0 Å². The SMILES string of the molecule is CO/N=C(\N)c1ccc(C(=O)NC(C)C(=O)N2CCC(OCC(=O)O)CC2)cc1. The Bertz CT molecular complexity index is 756. The quantitative estimate of drug-likeness (QED) is 0.317. The number of carbonyl (C=O) groups excluding carboxylic acids is 2. The summed E-state index contributed by atoms with van der Waals surface area (Å²) in [5.41, 5.74) is 6.71. The standard InChI is InChI=1S/C19H26N4O6/c1-12(19(27)23-9-7-15(8-10-23)29-11-16(24)25)21-18(26)14-5-3-13(4-6-14)17(20)22-28-2/h3-6,12,15H,7-11H2,1-2H3,(H2,20,22)(H,21,26)(H,24,25). The zero-order chi connectivity index (χ0) is 21.4. The fourth-order valence-corrected chi connectivity index (χ4v) is 2.99. The van der Waals surface area contributed by atoms with Gasteiger partial charge in [0.05, 0.1) is 6.10 Å². The molecule has 0 radical (unpaired) electrons. The van der Waals surface area contributed by atoms with Crippen molar-refractivity contribution in [2.24, 2.45) is 10.9 Å². The van der Waals surface area contributed by atoms with E-state index in [4.69, 9.17) is 15.6 Å². The maximum absolute atomic E-state index is 12.6. The number of nitrogens with one attached hydrogen (secondary N) is 1. The summed E-state index contributed by atoms with van der Waals surface area (Å²) in [7, 11) is 1.39. The second-order valence-corrected chi connectivity index (χ2v) is 6.66. The molecule has 158 valence electrons. The summed E-state index contributed by atoms with van der Waals surface area (Å²) in [4.78, 5) is 41.8. The van der Waals surface area contributed by atoms with Gasteiger partial charge in [0.25, 0.3) is 5.91 Å². The molecule has 0 aromatic heterocycles. The van der Waals surface area contributed by atoms with Crippen molar-refractivity contribution in [2.45, 2.75) is 31.9 Å². The van der Waals surface area contributed by atoms with Crippen LogP contribution in [0.25, 0.3) is 0 Å². The van der Waals surface area contributed by atoms with E-state index in [2.05, 4.69) is 15.3 Å². The zero-order valence-corrected chi connectivity index (χ0v) is 16.5. The molecule has 1 heterocycles. The van der Waals surface area contributed by atoms with Gasteiger partial charge in [-0.1, -0.05) is 17.3 Å². The molecule has 2 rings (SSSR count). The molecule has 4 N–H and O–H groups in total. The van der Waals surface area contributed by atoms with Crippen molar-refractivity contribution in [3.8, 4) is 0 Å². The Balaban J connectivity index is 1.85. The Labute approximate surface area is 168 Å². The first-order chi connectivity index (χ1) is 13.8. The average molecular weight is 406 g/mol. The Morgan fingerprint density at radius 1 is 1.24 bits per heavy atom. The van der Waals surface area contributed by atoms with Crippen molar-refractivity contribution in [3.05, 3.63) is 35.4 Å². The van der Waals surface area contributed by atoms with E-state index in [-0.39, 0.29) is 30.4 Å². The van der Waals surface area contributed by atoms with Crippen molar-refractivity contribution in [1.29, 1.82) is 0 Å². The largest absolute Gasteiger partial charge is 0.480 e. The van der Waals surface area contributed by atoms with Gasteiger partial charge in [-0.3, -0.25) is 9.59 Å². The highest BCUT2D eigenvalue weighted by Gasteiger charge is 2.27. The van der Waals surface area contributed by atoms with E-state index in [1.165, 1.54) is 7.11 Å². The van der Waals surface area contributed by atoms with Crippen LogP contribution in [-0.4, -0.2) is 72.6 Å². The molecule has 29 heavy (non-hydrogen) atoms. The number of carboxylic acids is 1. The minimum absolute atomic E-state index is 0.173. The summed E-state index contributed by atoms with van der Waals surface area (Å²) in [5.74, 6) is -1.39. The summed E-state index contributed by atoms with van der Waals surface area (Å²) in [6, 6.07) is 5.76. The molecule has 1 unspecified atom stereocenters. The third-order valence-corrected chi connectivity index (χ3v) is 4.55. The first kappa shape index (κ1) is 22.2. The third-order valence-electron chi connectivity index (χ3n) is 4.55. The van der Waals surface area contributed by atoms with Crippen LogP contribution in [0.2, 0.25) is 0 Å². The van der Waals surface area contributed by atoms with Gasteiger partial charge in [0.1, 0.15) is 19.8 Å². The number of aliphatic carboxylic acids is 1. The van der Waals surface area contributed by atoms with Gasteiger partial charge in [-0.2, -0.15) is 0 Å². The number of amides is 2. The van der Waals surface area contributed by atoms with Gasteiger partial charge in [0, 0.05) is 24.2 Å². The summed E-state index contributed by atoms with van der Waals surface area (Å²) >= 11 is 0. The molecule has 10 heteroatoms. The number of benzene rings is 1. The number of hydrogen-bond donors (Lipinski definition) is 3. The van der Waals surface area contributed by atoms with Crippen molar-refractivity contribution < 1.29 is 29.1 Å². The minimum Gasteiger partial charge on any atom is -0.480 e. The first-order valence-corrected chi connectivity index (χ1v) is 9.22. The number of hydrogen-bond acceptors (Lipinski definition) is 6. The second-order valence-electron chi connectivity index (χ2n) is 6.66.